The topological polar surface area (TPSA) is 85.0 Å². The van der Waals surface area contributed by atoms with Crippen molar-refractivity contribution in [1.29, 1.82) is 0 Å². The first-order chi connectivity index (χ1) is 10.2. The van der Waals surface area contributed by atoms with Crippen LogP contribution in [0.2, 0.25) is 0 Å². The Morgan fingerprint density at radius 1 is 1.24 bits per heavy atom. The molecule has 0 aliphatic carbocycles. The van der Waals surface area contributed by atoms with Crippen molar-refractivity contribution < 1.29 is 4.79 Å². The first-order valence-electron chi connectivity index (χ1n) is 6.94. The van der Waals surface area contributed by atoms with Gasteiger partial charge in [-0.1, -0.05) is 0 Å². The van der Waals surface area contributed by atoms with Gasteiger partial charge in [0.05, 0.1) is 11.9 Å². The SMILES string of the molecule is NC(=O)C1(c2cnccn2)CCCN1Cc1ccncc1. The van der Waals surface area contributed by atoms with Gasteiger partial charge in [0.25, 0.3) is 0 Å². The van der Waals surface area contributed by atoms with E-state index in [-0.39, 0.29) is 5.91 Å². The number of pyridine rings is 1. The highest BCUT2D eigenvalue weighted by Crippen LogP contribution is 2.38. The molecule has 1 unspecified atom stereocenters. The summed E-state index contributed by atoms with van der Waals surface area (Å²) in [5.74, 6) is -0.366. The van der Waals surface area contributed by atoms with Crippen molar-refractivity contribution in [1.82, 2.24) is 19.9 Å². The zero-order valence-electron chi connectivity index (χ0n) is 11.6. The average Bonchev–Trinajstić information content (AvgIpc) is 2.94. The molecule has 0 bridgehead atoms. The number of nitrogens with zero attached hydrogens (tertiary/aromatic N) is 4. The molecule has 1 aliphatic rings. The van der Waals surface area contributed by atoms with E-state index in [1.54, 1.807) is 31.0 Å². The second-order valence-electron chi connectivity index (χ2n) is 5.20. The normalized spacial score (nSPS) is 22.3. The highest BCUT2D eigenvalue weighted by Gasteiger charge is 2.48. The number of carbonyl (C=O) groups excluding carboxylic acids is 1. The van der Waals surface area contributed by atoms with E-state index in [1.165, 1.54) is 0 Å². The fourth-order valence-electron chi connectivity index (χ4n) is 3.01. The lowest BCUT2D eigenvalue weighted by atomic mass is 9.91. The van der Waals surface area contributed by atoms with Gasteiger partial charge in [-0.25, -0.2) is 0 Å². The molecule has 0 saturated carbocycles. The Balaban J connectivity index is 1.97. The van der Waals surface area contributed by atoms with Gasteiger partial charge < -0.3 is 5.73 Å². The molecule has 1 aliphatic heterocycles. The maximum Gasteiger partial charge on any atom is 0.244 e. The van der Waals surface area contributed by atoms with Crippen molar-refractivity contribution in [2.75, 3.05) is 6.54 Å². The van der Waals surface area contributed by atoms with Crippen LogP contribution in [-0.4, -0.2) is 32.3 Å². The van der Waals surface area contributed by atoms with Gasteiger partial charge in [0.15, 0.2) is 0 Å². The Hall–Kier alpha value is -2.34. The van der Waals surface area contributed by atoms with Gasteiger partial charge in [-0.2, -0.15) is 0 Å². The van der Waals surface area contributed by atoms with E-state index in [0.717, 1.165) is 18.5 Å². The van der Waals surface area contributed by atoms with Gasteiger partial charge in [-0.15, -0.1) is 0 Å². The van der Waals surface area contributed by atoms with E-state index in [1.807, 2.05) is 12.1 Å². The second kappa shape index (κ2) is 5.57. The Bertz CT molecular complexity index is 618. The van der Waals surface area contributed by atoms with Crippen LogP contribution in [0.3, 0.4) is 0 Å². The molecule has 108 valence electrons. The van der Waals surface area contributed by atoms with Crippen LogP contribution in [0, 0.1) is 0 Å². The van der Waals surface area contributed by atoms with Crippen LogP contribution in [0.1, 0.15) is 24.1 Å². The zero-order chi connectivity index (χ0) is 14.7. The molecule has 1 atom stereocenters. The van der Waals surface area contributed by atoms with Gasteiger partial charge in [0.2, 0.25) is 5.91 Å². The highest BCUT2D eigenvalue weighted by molar-refractivity contribution is 5.86. The molecular formula is C15H17N5O. The number of primary amides is 1. The number of rotatable bonds is 4. The van der Waals surface area contributed by atoms with Crippen molar-refractivity contribution in [3.63, 3.8) is 0 Å². The van der Waals surface area contributed by atoms with E-state index >= 15 is 0 Å². The monoisotopic (exact) mass is 283 g/mol. The van der Waals surface area contributed by atoms with Gasteiger partial charge in [-0.3, -0.25) is 24.6 Å². The Labute approximate surface area is 123 Å². The molecule has 0 radical (unpaired) electrons. The predicted octanol–water partition coefficient (Wildman–Crippen LogP) is 0.848. The summed E-state index contributed by atoms with van der Waals surface area (Å²) in [5, 5.41) is 0. The third kappa shape index (κ3) is 2.38. The minimum Gasteiger partial charge on any atom is -0.368 e. The van der Waals surface area contributed by atoms with Crippen molar-refractivity contribution in [3.05, 3.63) is 54.4 Å². The number of amides is 1. The van der Waals surface area contributed by atoms with Crippen LogP contribution in [-0.2, 0) is 16.9 Å². The van der Waals surface area contributed by atoms with Crippen LogP contribution in [0.15, 0.2) is 43.1 Å². The summed E-state index contributed by atoms with van der Waals surface area (Å²) in [6.45, 7) is 1.45. The highest BCUT2D eigenvalue weighted by atomic mass is 16.1. The van der Waals surface area contributed by atoms with E-state index in [4.69, 9.17) is 5.73 Å². The molecule has 1 saturated heterocycles. The van der Waals surface area contributed by atoms with E-state index in [0.29, 0.717) is 18.7 Å². The first-order valence-corrected chi connectivity index (χ1v) is 6.94. The van der Waals surface area contributed by atoms with Crippen molar-refractivity contribution in [2.45, 2.75) is 24.9 Å². The van der Waals surface area contributed by atoms with Crippen LogP contribution in [0.4, 0.5) is 0 Å². The van der Waals surface area contributed by atoms with Gasteiger partial charge in [0.1, 0.15) is 5.54 Å². The summed E-state index contributed by atoms with van der Waals surface area (Å²) in [4.78, 5) is 26.8. The van der Waals surface area contributed by atoms with Crippen molar-refractivity contribution in [3.8, 4) is 0 Å². The molecule has 0 spiro atoms. The molecule has 2 aromatic rings. The molecule has 6 heteroatoms. The molecule has 0 aromatic carbocycles. The summed E-state index contributed by atoms with van der Waals surface area (Å²) < 4.78 is 0. The second-order valence-corrected chi connectivity index (χ2v) is 5.20. The lowest BCUT2D eigenvalue weighted by molar-refractivity contribution is -0.129. The predicted molar refractivity (Wildman–Crippen MR) is 76.8 cm³/mol. The molecule has 3 rings (SSSR count). The molecule has 1 amide bonds. The van der Waals surface area contributed by atoms with Gasteiger partial charge >= 0.3 is 0 Å². The molecule has 2 aromatic heterocycles. The van der Waals surface area contributed by atoms with Crippen LogP contribution in [0.25, 0.3) is 0 Å². The average molecular weight is 283 g/mol. The fraction of sp³-hybridized carbons (Fsp3) is 0.333. The molecular weight excluding hydrogens is 266 g/mol. The number of hydrogen-bond donors (Lipinski definition) is 1. The maximum absolute atomic E-state index is 12.2. The standard InChI is InChI=1S/C15H17N5O/c16-14(21)15(13-10-18-7-8-19-13)4-1-9-20(15)11-12-2-5-17-6-3-12/h2-3,5-8,10H,1,4,9,11H2,(H2,16,21). The van der Waals surface area contributed by atoms with Gasteiger partial charge in [-0.05, 0) is 37.1 Å². The largest absolute Gasteiger partial charge is 0.368 e. The summed E-state index contributed by atoms with van der Waals surface area (Å²) in [5.41, 5.74) is 6.61. The minimum atomic E-state index is -0.864. The molecule has 3 heterocycles. The van der Waals surface area contributed by atoms with E-state index in [9.17, 15) is 4.79 Å². The smallest absolute Gasteiger partial charge is 0.244 e. The maximum atomic E-state index is 12.2. The van der Waals surface area contributed by atoms with Gasteiger partial charge in [0, 0.05) is 31.3 Å². The summed E-state index contributed by atoms with van der Waals surface area (Å²) >= 11 is 0. The third-order valence-corrected chi connectivity index (χ3v) is 4.02. The number of aromatic nitrogens is 3. The molecule has 6 nitrogen and oxygen atoms in total. The van der Waals surface area contributed by atoms with E-state index in [2.05, 4.69) is 19.9 Å². The Morgan fingerprint density at radius 2 is 2.05 bits per heavy atom. The Kier molecular flexibility index (Phi) is 3.62. The van der Waals surface area contributed by atoms with Crippen molar-refractivity contribution in [2.24, 2.45) is 5.73 Å². The van der Waals surface area contributed by atoms with Crippen LogP contribution in [0.5, 0.6) is 0 Å². The molecule has 2 N–H and O–H groups in total. The third-order valence-electron chi connectivity index (χ3n) is 4.02. The van der Waals surface area contributed by atoms with Crippen molar-refractivity contribution >= 4 is 5.91 Å². The first kappa shape index (κ1) is 13.6. The fourth-order valence-corrected chi connectivity index (χ4v) is 3.01. The number of carbonyl (C=O) groups is 1. The lowest BCUT2D eigenvalue weighted by Gasteiger charge is -2.35. The number of hydrogen-bond acceptors (Lipinski definition) is 5. The van der Waals surface area contributed by atoms with Crippen LogP contribution >= 0.6 is 0 Å². The summed E-state index contributed by atoms with van der Waals surface area (Å²) in [6.07, 6.45) is 9.91. The van der Waals surface area contributed by atoms with E-state index < -0.39 is 5.54 Å². The lowest BCUT2D eigenvalue weighted by Crippen LogP contribution is -2.51. The zero-order valence-corrected chi connectivity index (χ0v) is 11.6. The number of nitrogens with two attached hydrogens (primary N) is 1. The summed E-state index contributed by atoms with van der Waals surface area (Å²) in [6, 6.07) is 3.89. The summed E-state index contributed by atoms with van der Waals surface area (Å²) in [7, 11) is 0. The molecule has 1 fully saturated rings. The Morgan fingerprint density at radius 3 is 2.71 bits per heavy atom. The minimum absolute atomic E-state index is 0.366. The number of likely N-dealkylation sites (tertiary alicyclic amines) is 1. The molecule has 21 heavy (non-hydrogen) atoms. The van der Waals surface area contributed by atoms with Crippen LogP contribution < -0.4 is 5.73 Å². The quantitative estimate of drug-likeness (QED) is 0.899.